The van der Waals surface area contributed by atoms with E-state index < -0.39 is 5.97 Å². The molecular weight excluding hydrogens is 472 g/mol. The summed E-state index contributed by atoms with van der Waals surface area (Å²) in [7, 11) is 1.77. The summed E-state index contributed by atoms with van der Waals surface area (Å²) in [4.78, 5) is 28.1. The maximum atomic E-state index is 12.4. The van der Waals surface area contributed by atoms with E-state index in [2.05, 4.69) is 10.3 Å². The number of nitrogens with zero attached hydrogens (tertiary/aromatic N) is 1. The highest BCUT2D eigenvalue weighted by atomic mass is 16.5. The smallest absolute Gasteiger partial charge is 0.337 e. The van der Waals surface area contributed by atoms with Gasteiger partial charge in [0.25, 0.3) is 0 Å². The molecule has 8 nitrogen and oxygen atoms in total. The summed E-state index contributed by atoms with van der Waals surface area (Å²) in [5, 5.41) is 11.9. The first-order valence-electron chi connectivity index (χ1n) is 12.4. The van der Waals surface area contributed by atoms with E-state index in [0.29, 0.717) is 23.3 Å². The third kappa shape index (κ3) is 6.65. The van der Waals surface area contributed by atoms with Crippen LogP contribution in [0, 0.1) is 13.8 Å². The standard InChI is InChI=1S/C29H32N2O6/c1-18-19(2)26(14-13-25(18)36-22-11-9-21(35-3)10-12-22)37-28-15-8-20(17-30-28)16-27(32)31-24-7-5-4-6-23(24)29(33)34/h4-8,13-15,17,21-22H,9-12,16H2,1-3H3,(H,31,32)(H,33,34). The Kier molecular flexibility index (Phi) is 8.40. The molecule has 8 heteroatoms. The van der Waals surface area contributed by atoms with Gasteiger partial charge < -0.3 is 24.6 Å². The number of nitrogens with one attached hydrogen (secondary N) is 1. The van der Waals surface area contributed by atoms with Gasteiger partial charge in [-0.2, -0.15) is 0 Å². The number of carbonyl (C=O) groups is 2. The van der Waals surface area contributed by atoms with Gasteiger partial charge in [0.05, 0.1) is 29.9 Å². The number of benzene rings is 2. The molecule has 1 aromatic heterocycles. The molecule has 4 rings (SSSR count). The van der Waals surface area contributed by atoms with Crippen LogP contribution in [-0.4, -0.2) is 41.3 Å². The Morgan fingerprint density at radius 1 is 0.946 bits per heavy atom. The maximum absolute atomic E-state index is 12.4. The molecule has 1 amide bonds. The van der Waals surface area contributed by atoms with E-state index in [1.54, 1.807) is 43.6 Å². The van der Waals surface area contributed by atoms with Crippen LogP contribution in [0.5, 0.6) is 17.4 Å². The highest BCUT2D eigenvalue weighted by Gasteiger charge is 2.23. The molecule has 1 aliphatic carbocycles. The molecule has 1 aliphatic rings. The summed E-state index contributed by atoms with van der Waals surface area (Å²) in [6.45, 7) is 4.02. The molecule has 2 aromatic carbocycles. The fourth-order valence-corrected chi connectivity index (χ4v) is 4.42. The first-order valence-corrected chi connectivity index (χ1v) is 12.4. The molecule has 0 aliphatic heterocycles. The van der Waals surface area contributed by atoms with Gasteiger partial charge in [-0.05, 0) is 80.5 Å². The molecule has 0 radical (unpaired) electrons. The van der Waals surface area contributed by atoms with E-state index in [1.165, 1.54) is 6.07 Å². The number of methoxy groups -OCH3 is 1. The van der Waals surface area contributed by atoms with Crippen LogP contribution in [0.3, 0.4) is 0 Å². The molecule has 1 saturated carbocycles. The van der Waals surface area contributed by atoms with E-state index >= 15 is 0 Å². The molecule has 37 heavy (non-hydrogen) atoms. The molecule has 0 spiro atoms. The van der Waals surface area contributed by atoms with E-state index in [4.69, 9.17) is 14.2 Å². The SMILES string of the molecule is COC1CCC(Oc2ccc(Oc3ccc(CC(=O)Nc4ccccc4C(=O)O)cn3)c(C)c2C)CC1. The van der Waals surface area contributed by atoms with Gasteiger partial charge in [-0.1, -0.05) is 18.2 Å². The molecule has 0 atom stereocenters. The van der Waals surface area contributed by atoms with E-state index in [9.17, 15) is 14.7 Å². The fraction of sp³-hybridized carbons (Fsp3) is 0.345. The molecule has 0 bridgehead atoms. The molecule has 194 valence electrons. The van der Waals surface area contributed by atoms with Gasteiger partial charge in [0, 0.05) is 19.4 Å². The number of rotatable bonds is 9. The minimum absolute atomic E-state index is 0.0401. The third-order valence-electron chi connectivity index (χ3n) is 6.74. The highest BCUT2D eigenvalue weighted by molar-refractivity contribution is 6.00. The number of ether oxygens (including phenoxy) is 3. The molecule has 1 fully saturated rings. The number of carboxylic acid groups (broad SMARTS) is 1. The van der Waals surface area contributed by atoms with Crippen LogP contribution < -0.4 is 14.8 Å². The molecule has 0 saturated heterocycles. The van der Waals surface area contributed by atoms with Crippen LogP contribution in [0.15, 0.2) is 54.7 Å². The van der Waals surface area contributed by atoms with Gasteiger partial charge in [0.1, 0.15) is 11.5 Å². The monoisotopic (exact) mass is 504 g/mol. The van der Waals surface area contributed by atoms with Crippen molar-refractivity contribution in [2.75, 3.05) is 12.4 Å². The second kappa shape index (κ2) is 11.9. The van der Waals surface area contributed by atoms with Gasteiger partial charge in [-0.15, -0.1) is 0 Å². The van der Waals surface area contributed by atoms with Crippen molar-refractivity contribution in [3.8, 4) is 17.4 Å². The second-order valence-electron chi connectivity index (χ2n) is 9.25. The summed E-state index contributed by atoms with van der Waals surface area (Å²) in [5.74, 6) is 0.537. The molecule has 3 aromatic rings. The van der Waals surface area contributed by atoms with Crippen LogP contribution >= 0.6 is 0 Å². The van der Waals surface area contributed by atoms with Gasteiger partial charge in [-0.3, -0.25) is 4.79 Å². The summed E-state index contributed by atoms with van der Waals surface area (Å²) < 4.78 is 17.7. The van der Waals surface area contributed by atoms with Crippen molar-refractivity contribution < 1.29 is 28.9 Å². The molecular formula is C29H32N2O6. The van der Waals surface area contributed by atoms with E-state index in [-0.39, 0.29) is 29.7 Å². The number of anilines is 1. The van der Waals surface area contributed by atoms with Crippen LogP contribution in [0.1, 0.15) is 52.7 Å². The number of aromatic nitrogens is 1. The predicted molar refractivity (Wildman–Crippen MR) is 140 cm³/mol. The number of hydrogen-bond donors (Lipinski definition) is 2. The Balaban J connectivity index is 1.35. The average Bonchev–Trinajstić information content (AvgIpc) is 2.90. The summed E-state index contributed by atoms with van der Waals surface area (Å²) in [6.07, 6.45) is 6.15. The Morgan fingerprint density at radius 2 is 1.62 bits per heavy atom. The zero-order chi connectivity index (χ0) is 26.4. The fourth-order valence-electron chi connectivity index (χ4n) is 4.42. The Morgan fingerprint density at radius 3 is 2.30 bits per heavy atom. The first kappa shape index (κ1) is 26.2. The van der Waals surface area contributed by atoms with Crippen molar-refractivity contribution in [3.63, 3.8) is 0 Å². The molecule has 1 heterocycles. The lowest BCUT2D eigenvalue weighted by molar-refractivity contribution is -0.115. The van der Waals surface area contributed by atoms with Crippen LogP contribution in [0.25, 0.3) is 0 Å². The third-order valence-corrected chi connectivity index (χ3v) is 6.74. The summed E-state index contributed by atoms with van der Waals surface area (Å²) in [5.41, 5.74) is 2.98. The number of aromatic carboxylic acids is 1. The van der Waals surface area contributed by atoms with Crippen LogP contribution in [0.2, 0.25) is 0 Å². The number of hydrogen-bond acceptors (Lipinski definition) is 6. The number of para-hydroxylation sites is 1. The van der Waals surface area contributed by atoms with Crippen molar-refractivity contribution in [1.29, 1.82) is 0 Å². The topological polar surface area (TPSA) is 107 Å². The predicted octanol–water partition coefficient (Wildman–Crippen LogP) is 5.71. The zero-order valence-electron chi connectivity index (χ0n) is 21.3. The van der Waals surface area contributed by atoms with Crippen molar-refractivity contribution in [1.82, 2.24) is 4.98 Å². The first-order chi connectivity index (χ1) is 17.8. The Labute approximate surface area is 216 Å². The lowest BCUT2D eigenvalue weighted by Crippen LogP contribution is -2.27. The van der Waals surface area contributed by atoms with Crippen LogP contribution in [0.4, 0.5) is 5.69 Å². The van der Waals surface area contributed by atoms with E-state index in [0.717, 1.165) is 42.6 Å². The second-order valence-corrected chi connectivity index (χ2v) is 9.25. The Hall–Kier alpha value is -3.91. The van der Waals surface area contributed by atoms with Crippen molar-refractivity contribution >= 4 is 17.6 Å². The molecule has 0 unspecified atom stereocenters. The number of carboxylic acids is 1. The lowest BCUT2D eigenvalue weighted by atomic mass is 9.95. The number of carbonyl (C=O) groups excluding carboxylic acids is 1. The summed E-state index contributed by atoms with van der Waals surface area (Å²) >= 11 is 0. The lowest BCUT2D eigenvalue weighted by Gasteiger charge is -2.29. The normalized spacial score (nSPS) is 17.2. The van der Waals surface area contributed by atoms with Crippen molar-refractivity contribution in [3.05, 3.63) is 77.0 Å². The minimum Gasteiger partial charge on any atom is -0.490 e. The van der Waals surface area contributed by atoms with Gasteiger partial charge in [-0.25, -0.2) is 9.78 Å². The minimum atomic E-state index is -1.10. The van der Waals surface area contributed by atoms with Crippen LogP contribution in [-0.2, 0) is 16.0 Å². The summed E-state index contributed by atoms with van der Waals surface area (Å²) in [6, 6.07) is 13.6. The number of amides is 1. The van der Waals surface area contributed by atoms with Crippen molar-refractivity contribution in [2.24, 2.45) is 0 Å². The van der Waals surface area contributed by atoms with Crippen molar-refractivity contribution in [2.45, 2.75) is 58.2 Å². The number of pyridine rings is 1. The quantitative estimate of drug-likeness (QED) is 0.385. The van der Waals surface area contributed by atoms with Gasteiger partial charge >= 0.3 is 5.97 Å². The van der Waals surface area contributed by atoms with Gasteiger partial charge in [0.15, 0.2) is 0 Å². The average molecular weight is 505 g/mol. The Bertz CT molecular complexity index is 1250. The largest absolute Gasteiger partial charge is 0.490 e. The van der Waals surface area contributed by atoms with Gasteiger partial charge in [0.2, 0.25) is 11.8 Å². The van der Waals surface area contributed by atoms with E-state index in [1.807, 2.05) is 26.0 Å². The maximum Gasteiger partial charge on any atom is 0.337 e. The molecule has 2 N–H and O–H groups in total. The zero-order valence-corrected chi connectivity index (χ0v) is 21.3. The highest BCUT2D eigenvalue weighted by Crippen LogP contribution is 2.34.